The zero-order valence-corrected chi connectivity index (χ0v) is 43.8. The first-order valence-corrected chi connectivity index (χ1v) is 28.5. The lowest BCUT2D eigenvalue weighted by Gasteiger charge is -2.24. The van der Waals surface area contributed by atoms with Crippen molar-refractivity contribution in [1.29, 1.82) is 0 Å². The smallest absolute Gasteiger partial charge is 0.306 e. The molecule has 0 aromatic rings. The lowest BCUT2D eigenvalue weighted by molar-refractivity contribution is -0.151. The van der Waals surface area contributed by atoms with Gasteiger partial charge in [0, 0.05) is 6.42 Å². The van der Waals surface area contributed by atoms with Crippen LogP contribution in [0.2, 0.25) is 0 Å². The Kier molecular flexibility index (Phi) is 51.5. The molecule has 66 heavy (non-hydrogen) atoms. The summed E-state index contributed by atoms with van der Waals surface area (Å²) in [5.74, 6) is -0.501. The van der Waals surface area contributed by atoms with Crippen LogP contribution in [0, 0.1) is 0 Å². The number of amides is 1. The molecule has 6 nitrogen and oxygen atoms in total. The molecule has 0 radical (unpaired) electrons. The highest BCUT2D eigenvalue weighted by molar-refractivity contribution is 5.77. The molecule has 0 saturated carbocycles. The predicted molar refractivity (Wildman–Crippen MR) is 287 cm³/mol. The maximum absolute atomic E-state index is 13.3. The van der Waals surface area contributed by atoms with Gasteiger partial charge in [-0.05, 0) is 70.6 Å². The first-order valence-electron chi connectivity index (χ1n) is 28.5. The van der Waals surface area contributed by atoms with Crippen LogP contribution >= 0.6 is 0 Å². The molecular weight excluding hydrogens is 815 g/mol. The third kappa shape index (κ3) is 48.0. The fourth-order valence-electron chi connectivity index (χ4n) is 8.58. The Morgan fingerprint density at radius 3 is 1.23 bits per heavy atom. The van der Waals surface area contributed by atoms with Crippen molar-refractivity contribution in [2.24, 2.45) is 0 Å². The van der Waals surface area contributed by atoms with Gasteiger partial charge in [-0.1, -0.05) is 261 Å². The molecule has 0 bridgehead atoms. The van der Waals surface area contributed by atoms with E-state index < -0.39 is 18.2 Å². The summed E-state index contributed by atoms with van der Waals surface area (Å²) in [5.41, 5.74) is 0. The Labute approximate surface area is 409 Å². The molecule has 0 saturated heterocycles. The number of aliphatic hydroxyl groups excluding tert-OH is 2. The quantitative estimate of drug-likeness (QED) is 0.0321. The number of allylic oxidation sites excluding steroid dienone is 10. The Balaban J connectivity index is 4.61. The van der Waals surface area contributed by atoms with E-state index in [1.54, 1.807) is 0 Å². The van der Waals surface area contributed by atoms with Gasteiger partial charge in [-0.2, -0.15) is 0 Å². The number of hydrogen-bond donors (Lipinski definition) is 3. The average Bonchev–Trinajstić information content (AvgIpc) is 3.31. The zero-order valence-electron chi connectivity index (χ0n) is 43.8. The van der Waals surface area contributed by atoms with E-state index in [1.165, 1.54) is 148 Å². The number of aliphatic hydroxyl groups is 2. The van der Waals surface area contributed by atoms with Crippen molar-refractivity contribution in [2.45, 2.75) is 302 Å². The number of nitrogens with one attached hydrogen (secondary N) is 1. The summed E-state index contributed by atoms with van der Waals surface area (Å²) in [6.45, 7) is 6.39. The van der Waals surface area contributed by atoms with Crippen molar-refractivity contribution in [3.63, 3.8) is 0 Å². The molecule has 1 amide bonds. The van der Waals surface area contributed by atoms with Gasteiger partial charge < -0.3 is 20.3 Å². The molecule has 0 aliphatic heterocycles. The van der Waals surface area contributed by atoms with E-state index in [2.05, 4.69) is 86.8 Å². The summed E-state index contributed by atoms with van der Waals surface area (Å²) < 4.78 is 5.95. The van der Waals surface area contributed by atoms with Gasteiger partial charge in [0.25, 0.3) is 0 Å². The van der Waals surface area contributed by atoms with Crippen LogP contribution in [0.4, 0.5) is 0 Å². The summed E-state index contributed by atoms with van der Waals surface area (Å²) in [7, 11) is 0. The van der Waals surface area contributed by atoms with Crippen molar-refractivity contribution >= 4 is 11.9 Å². The highest BCUT2D eigenvalue weighted by Crippen LogP contribution is 2.18. The van der Waals surface area contributed by atoms with Gasteiger partial charge >= 0.3 is 5.97 Å². The van der Waals surface area contributed by atoms with Gasteiger partial charge in [-0.3, -0.25) is 9.59 Å². The molecule has 0 spiro atoms. The van der Waals surface area contributed by atoms with E-state index in [0.29, 0.717) is 19.3 Å². The average molecular weight is 925 g/mol. The second-order valence-corrected chi connectivity index (χ2v) is 19.3. The van der Waals surface area contributed by atoms with Crippen LogP contribution in [-0.2, 0) is 14.3 Å². The minimum Gasteiger partial charge on any atom is -0.462 e. The zero-order chi connectivity index (χ0) is 48.1. The number of unbranched alkanes of at least 4 members (excludes halogenated alkanes) is 29. The number of ether oxygens (including phenoxy) is 1. The summed E-state index contributed by atoms with van der Waals surface area (Å²) in [6.07, 6.45) is 67.1. The van der Waals surface area contributed by atoms with E-state index in [9.17, 15) is 19.8 Å². The standard InChI is InChI=1S/C60H109NO5/c1-4-7-10-13-16-19-22-25-27-28-29-30-32-35-38-41-44-47-50-53-60(65)66-56(51-48-45-42-39-36-34-31-26-23-20-17-14-11-8-5-2)54-59(64)61-57(55-62)58(63)52-49-46-43-40-37-33-24-21-18-15-12-9-6-3/h7,10,16,19,25,27,29-30,35,38,56-58,62-63H,4-6,8-9,11-15,17-18,20-24,26,28,31-34,36-37,39-55H2,1-3H3,(H,61,64)/b10-7-,19-16-,27-25-,30-29-,38-35-. The molecule has 0 heterocycles. The van der Waals surface area contributed by atoms with E-state index in [-0.39, 0.29) is 24.9 Å². The highest BCUT2D eigenvalue weighted by Gasteiger charge is 2.24. The van der Waals surface area contributed by atoms with Gasteiger partial charge in [0.15, 0.2) is 0 Å². The minimum atomic E-state index is -0.794. The molecule has 0 rings (SSSR count). The Bertz CT molecular complexity index is 1170. The van der Waals surface area contributed by atoms with Crippen molar-refractivity contribution in [2.75, 3.05) is 6.61 Å². The van der Waals surface area contributed by atoms with Crippen LogP contribution < -0.4 is 5.32 Å². The Hall–Kier alpha value is -2.44. The van der Waals surface area contributed by atoms with Gasteiger partial charge in [0.05, 0.1) is 25.2 Å². The fourth-order valence-corrected chi connectivity index (χ4v) is 8.58. The first-order chi connectivity index (χ1) is 32.5. The molecule has 3 N–H and O–H groups in total. The van der Waals surface area contributed by atoms with Gasteiger partial charge in [-0.15, -0.1) is 0 Å². The van der Waals surface area contributed by atoms with Crippen molar-refractivity contribution in [1.82, 2.24) is 5.32 Å². The van der Waals surface area contributed by atoms with Gasteiger partial charge in [0.2, 0.25) is 5.91 Å². The number of hydrogen-bond acceptors (Lipinski definition) is 5. The molecule has 384 valence electrons. The minimum absolute atomic E-state index is 0.0658. The fraction of sp³-hybridized carbons (Fsp3) is 0.800. The van der Waals surface area contributed by atoms with Crippen LogP contribution in [0.3, 0.4) is 0 Å². The second-order valence-electron chi connectivity index (χ2n) is 19.3. The molecule has 3 unspecified atom stereocenters. The van der Waals surface area contributed by atoms with Crippen LogP contribution in [-0.4, -0.2) is 46.9 Å². The largest absolute Gasteiger partial charge is 0.462 e. The summed E-state index contributed by atoms with van der Waals surface area (Å²) in [5, 5.41) is 23.9. The molecule has 3 atom stereocenters. The molecule has 0 fully saturated rings. The predicted octanol–water partition coefficient (Wildman–Crippen LogP) is 17.6. The van der Waals surface area contributed by atoms with Crippen molar-refractivity contribution in [3.8, 4) is 0 Å². The first kappa shape index (κ1) is 63.6. The maximum atomic E-state index is 13.3. The SMILES string of the molecule is CC/C=C\C/C=C\C/C=C\C/C=C\C/C=C\CCCCCC(=O)OC(CCCCCCCCCCCCCCCCC)CC(=O)NC(CO)C(O)CCCCCCCCCCCCCCC. The van der Waals surface area contributed by atoms with E-state index >= 15 is 0 Å². The maximum Gasteiger partial charge on any atom is 0.306 e. The third-order valence-corrected chi connectivity index (χ3v) is 12.9. The lowest BCUT2D eigenvalue weighted by atomic mass is 10.0. The van der Waals surface area contributed by atoms with Crippen molar-refractivity contribution < 1.29 is 24.5 Å². The third-order valence-electron chi connectivity index (χ3n) is 12.9. The normalized spacial score (nSPS) is 13.6. The van der Waals surface area contributed by atoms with Crippen LogP contribution in [0.15, 0.2) is 60.8 Å². The Morgan fingerprint density at radius 1 is 0.455 bits per heavy atom. The van der Waals surface area contributed by atoms with E-state index in [4.69, 9.17) is 4.74 Å². The lowest BCUT2D eigenvalue weighted by Crippen LogP contribution is -2.46. The summed E-state index contributed by atoms with van der Waals surface area (Å²) >= 11 is 0. The molecule has 0 aromatic heterocycles. The van der Waals surface area contributed by atoms with E-state index in [0.717, 1.165) is 89.9 Å². The molecule has 0 aliphatic rings. The topological polar surface area (TPSA) is 95.9 Å². The number of carbonyl (C=O) groups is 2. The highest BCUT2D eigenvalue weighted by atomic mass is 16.5. The van der Waals surface area contributed by atoms with Gasteiger partial charge in [-0.25, -0.2) is 0 Å². The molecular formula is C60H109NO5. The van der Waals surface area contributed by atoms with Crippen LogP contribution in [0.5, 0.6) is 0 Å². The monoisotopic (exact) mass is 924 g/mol. The molecule has 0 aromatic carbocycles. The second kappa shape index (κ2) is 53.5. The van der Waals surface area contributed by atoms with Crippen LogP contribution in [0.25, 0.3) is 0 Å². The molecule has 0 aliphatic carbocycles. The molecule has 6 heteroatoms. The number of rotatable bonds is 51. The number of esters is 1. The van der Waals surface area contributed by atoms with Gasteiger partial charge in [0.1, 0.15) is 6.10 Å². The Morgan fingerprint density at radius 2 is 0.818 bits per heavy atom. The van der Waals surface area contributed by atoms with E-state index in [1.807, 2.05) is 0 Å². The van der Waals surface area contributed by atoms with Crippen molar-refractivity contribution in [3.05, 3.63) is 60.8 Å². The summed E-state index contributed by atoms with van der Waals surface area (Å²) in [6, 6.07) is -0.708. The summed E-state index contributed by atoms with van der Waals surface area (Å²) in [4.78, 5) is 26.3. The number of carbonyl (C=O) groups excluding carboxylic acids is 2. The van der Waals surface area contributed by atoms with Crippen LogP contribution in [0.1, 0.15) is 284 Å².